The van der Waals surface area contributed by atoms with Crippen LogP contribution in [0.1, 0.15) is 82.1 Å². The van der Waals surface area contributed by atoms with Gasteiger partial charge in [0.25, 0.3) is 0 Å². The summed E-state index contributed by atoms with van der Waals surface area (Å²) >= 11 is 3.07. The largest absolute Gasteiger partial charge is 0.508 e. The number of phenolic OH excluding ortho intramolecular Hbond substituents is 1. The molecule has 0 aliphatic heterocycles. The molecule has 0 spiro atoms. The van der Waals surface area contributed by atoms with Gasteiger partial charge in [0.05, 0.1) is 63.1 Å². The van der Waals surface area contributed by atoms with Gasteiger partial charge in [-0.2, -0.15) is 15.6 Å². The minimum atomic E-state index is -0.0275. The van der Waals surface area contributed by atoms with Crippen LogP contribution in [0.5, 0.6) is 11.5 Å². The van der Waals surface area contributed by atoms with E-state index >= 15 is 0 Å². The highest BCUT2D eigenvalue weighted by Crippen LogP contribution is 2.36. The van der Waals surface area contributed by atoms with E-state index in [1.165, 1.54) is 64.8 Å². The van der Waals surface area contributed by atoms with Crippen LogP contribution in [0.25, 0.3) is 15.9 Å². The van der Waals surface area contributed by atoms with Crippen LogP contribution >= 0.6 is 22.7 Å². The molecule has 3 heterocycles. The van der Waals surface area contributed by atoms with Crippen molar-refractivity contribution in [3.63, 3.8) is 0 Å². The lowest BCUT2D eigenvalue weighted by atomic mass is 9.88. The SMILES string of the molecule is Cc1ncsc1-n1ncc2ccc(O)cc21.Cc1ncsc1Nc1cc(O[C@H]2CCCc3cc(C#N)ccc32)ccc1C=N.N#Cc1ccc2c(c1)CCCC2. The van der Waals surface area contributed by atoms with Crippen LogP contribution in [0.2, 0.25) is 0 Å². The Labute approximate surface area is 333 Å². The number of thiazole rings is 2. The molecule has 2 aliphatic carbocycles. The van der Waals surface area contributed by atoms with Crippen LogP contribution in [-0.4, -0.2) is 31.1 Å². The van der Waals surface area contributed by atoms with Crippen LogP contribution in [0.3, 0.4) is 0 Å². The maximum Gasteiger partial charge on any atom is 0.140 e. The average molecular weight is 777 g/mol. The van der Waals surface area contributed by atoms with Gasteiger partial charge in [0.1, 0.15) is 27.6 Å². The predicted molar refractivity (Wildman–Crippen MR) is 223 cm³/mol. The maximum atomic E-state index is 9.49. The van der Waals surface area contributed by atoms with E-state index in [4.69, 9.17) is 20.7 Å². The number of benzene rings is 4. The molecule has 0 amide bonds. The number of anilines is 2. The van der Waals surface area contributed by atoms with E-state index in [-0.39, 0.29) is 11.9 Å². The zero-order valence-electron chi connectivity index (χ0n) is 31.1. The molecule has 12 heteroatoms. The molecule has 0 saturated heterocycles. The molecular weight excluding hydrogens is 737 g/mol. The van der Waals surface area contributed by atoms with Crippen LogP contribution in [0.15, 0.2) is 90.0 Å². The highest BCUT2D eigenvalue weighted by Gasteiger charge is 2.22. The Morgan fingerprint density at radius 1 is 0.839 bits per heavy atom. The maximum absolute atomic E-state index is 9.49. The van der Waals surface area contributed by atoms with Crippen LogP contribution in [0, 0.1) is 41.9 Å². The van der Waals surface area contributed by atoms with Gasteiger partial charge in [-0.15, -0.1) is 22.7 Å². The van der Waals surface area contributed by atoms with Crippen molar-refractivity contribution in [3.05, 3.63) is 140 Å². The van der Waals surface area contributed by atoms with Gasteiger partial charge in [0.15, 0.2) is 0 Å². The van der Waals surface area contributed by atoms with Crippen molar-refractivity contribution in [2.75, 3.05) is 5.32 Å². The number of nitrogens with one attached hydrogen (secondary N) is 2. The summed E-state index contributed by atoms with van der Waals surface area (Å²) in [6, 6.07) is 27.3. The van der Waals surface area contributed by atoms with E-state index in [0.29, 0.717) is 5.56 Å². The summed E-state index contributed by atoms with van der Waals surface area (Å²) in [6.45, 7) is 3.90. The Morgan fingerprint density at radius 2 is 1.57 bits per heavy atom. The van der Waals surface area contributed by atoms with Gasteiger partial charge in [0, 0.05) is 29.3 Å². The first-order valence-corrected chi connectivity index (χ1v) is 20.2. The Bertz CT molecular complexity index is 2590. The van der Waals surface area contributed by atoms with Gasteiger partial charge in [-0.3, -0.25) is 0 Å². The second-order valence-corrected chi connectivity index (χ2v) is 15.3. The second-order valence-electron chi connectivity index (χ2n) is 13.7. The molecular formula is C44H40N8O2S2. The highest BCUT2D eigenvalue weighted by atomic mass is 32.1. The first kappa shape index (κ1) is 38.0. The summed E-state index contributed by atoms with van der Waals surface area (Å²) in [7, 11) is 0. The van der Waals surface area contributed by atoms with Crippen LogP contribution < -0.4 is 10.1 Å². The lowest BCUT2D eigenvalue weighted by molar-refractivity contribution is 0.183. The molecule has 10 nitrogen and oxygen atoms in total. The number of aryl methyl sites for hydroxylation is 5. The smallest absolute Gasteiger partial charge is 0.140 e. The van der Waals surface area contributed by atoms with Crippen molar-refractivity contribution in [2.45, 2.75) is 64.9 Å². The molecule has 0 saturated carbocycles. The number of hydrogen-bond acceptors (Lipinski definition) is 11. The third-order valence-corrected chi connectivity index (χ3v) is 11.7. The number of rotatable bonds is 6. The minimum absolute atomic E-state index is 0.0275. The van der Waals surface area contributed by atoms with Gasteiger partial charge in [0.2, 0.25) is 0 Å². The van der Waals surface area contributed by atoms with Crippen molar-refractivity contribution in [3.8, 4) is 28.6 Å². The molecule has 0 bridgehead atoms. The number of nitrogens with zero attached hydrogens (tertiary/aromatic N) is 6. The quantitative estimate of drug-likeness (QED) is 0.141. The van der Waals surface area contributed by atoms with Gasteiger partial charge < -0.3 is 20.6 Å². The van der Waals surface area contributed by atoms with Crippen molar-refractivity contribution < 1.29 is 9.84 Å². The fourth-order valence-electron chi connectivity index (χ4n) is 6.98. The number of nitriles is 2. The molecule has 1 atom stereocenters. The van der Waals surface area contributed by atoms with Gasteiger partial charge in [-0.1, -0.05) is 12.1 Å². The van der Waals surface area contributed by atoms with E-state index in [2.05, 4.69) is 38.6 Å². The van der Waals surface area contributed by atoms with Crippen molar-refractivity contribution in [1.82, 2.24) is 19.7 Å². The zero-order valence-corrected chi connectivity index (χ0v) is 32.8. The third-order valence-electron chi connectivity index (χ3n) is 9.93. The monoisotopic (exact) mass is 776 g/mol. The first-order valence-electron chi connectivity index (χ1n) is 18.4. The molecule has 4 aromatic carbocycles. The number of phenols is 1. The van der Waals surface area contributed by atoms with Crippen LogP contribution in [-0.2, 0) is 19.3 Å². The molecule has 0 unspecified atom stereocenters. The average Bonchev–Trinajstić information content (AvgIpc) is 3.97. The fourth-order valence-corrected chi connectivity index (χ4v) is 8.47. The summed E-state index contributed by atoms with van der Waals surface area (Å²) in [5.74, 6) is 1.01. The van der Waals surface area contributed by atoms with Gasteiger partial charge in [-0.05, 0) is 130 Å². The van der Waals surface area contributed by atoms with E-state index in [1.54, 1.807) is 29.4 Å². The lowest BCUT2D eigenvalue weighted by Gasteiger charge is -2.27. The molecule has 280 valence electrons. The predicted octanol–water partition coefficient (Wildman–Crippen LogP) is 10.5. The standard InChI is InChI=1S/C22H20N4OS.C11H9N3OS.C11H11N/c1-14-22(28-13-25-14)26-20-10-18(7-6-17(20)12-24)27-21-4-2-3-16-9-15(11-23)5-8-19(16)21;1-7-11(16-6-12-7)14-10-4-9(15)3-2-8(10)5-13-14;12-8-9-5-6-10-3-1-2-4-11(10)7-9/h5-10,12-13,21,24,26H,2-4H2,1H3;2-6,15H,1H3;5-7H,1-4H2/t21-;;/m0../s1. The van der Waals surface area contributed by atoms with Crippen molar-refractivity contribution in [1.29, 1.82) is 15.9 Å². The van der Waals surface area contributed by atoms with E-state index in [0.717, 1.165) is 86.1 Å². The van der Waals surface area contributed by atoms with Crippen molar-refractivity contribution >= 4 is 50.5 Å². The zero-order chi connectivity index (χ0) is 39.0. The Kier molecular flexibility index (Phi) is 11.8. The highest BCUT2D eigenvalue weighted by molar-refractivity contribution is 7.14. The fraction of sp³-hybridized carbons (Fsp3) is 0.227. The van der Waals surface area contributed by atoms with Crippen LogP contribution in [0.4, 0.5) is 10.7 Å². The molecule has 7 aromatic rings. The molecule has 3 aromatic heterocycles. The number of hydrogen-bond donors (Lipinski definition) is 3. The van der Waals surface area contributed by atoms with Gasteiger partial charge >= 0.3 is 0 Å². The third kappa shape index (κ3) is 8.63. The number of aromatic hydroxyl groups is 1. The van der Waals surface area contributed by atoms with E-state index in [9.17, 15) is 5.11 Å². The topological polar surface area (TPSA) is 157 Å². The normalized spacial score (nSPS) is 14.0. The second kappa shape index (κ2) is 17.4. The summed E-state index contributed by atoms with van der Waals surface area (Å²) in [5.41, 5.74) is 14.7. The summed E-state index contributed by atoms with van der Waals surface area (Å²) in [6.07, 6.45) is 11.0. The van der Waals surface area contributed by atoms with Crippen molar-refractivity contribution in [2.24, 2.45) is 0 Å². The first-order chi connectivity index (χ1) is 27.3. The number of fused-ring (bicyclic) bond motifs is 3. The van der Waals surface area contributed by atoms with E-state index < -0.39 is 0 Å². The Morgan fingerprint density at radius 3 is 2.30 bits per heavy atom. The summed E-state index contributed by atoms with van der Waals surface area (Å²) in [5, 5.41) is 45.6. The minimum Gasteiger partial charge on any atom is -0.508 e. The van der Waals surface area contributed by atoms with Gasteiger partial charge in [-0.25, -0.2) is 14.6 Å². The summed E-state index contributed by atoms with van der Waals surface area (Å²) < 4.78 is 8.14. The Hall–Kier alpha value is -6.34. The Balaban J connectivity index is 0.000000144. The number of aromatic nitrogens is 4. The lowest BCUT2D eigenvalue weighted by Crippen LogP contribution is -2.15. The molecule has 3 N–H and O–H groups in total. The molecule has 2 aliphatic rings. The molecule has 56 heavy (non-hydrogen) atoms. The summed E-state index contributed by atoms with van der Waals surface area (Å²) in [4.78, 5) is 8.47. The van der Waals surface area contributed by atoms with E-state index in [1.807, 2.05) is 73.1 Å². The molecule has 9 rings (SSSR count). The molecule has 0 fully saturated rings. The number of ether oxygens (including phenoxy) is 1. The molecule has 0 radical (unpaired) electrons.